The number of aryl methyl sites for hydroxylation is 2. The summed E-state index contributed by atoms with van der Waals surface area (Å²) in [5, 5.41) is 4.39. The molecule has 0 spiro atoms. The van der Waals surface area contributed by atoms with Crippen molar-refractivity contribution in [1.29, 1.82) is 0 Å². The van der Waals surface area contributed by atoms with Crippen LogP contribution < -0.4 is 0 Å². The van der Waals surface area contributed by atoms with Crippen LogP contribution in [0.3, 0.4) is 0 Å². The van der Waals surface area contributed by atoms with Gasteiger partial charge in [0.05, 0.1) is 6.20 Å². The Labute approximate surface area is 165 Å². The van der Waals surface area contributed by atoms with E-state index in [1.807, 2.05) is 58.5 Å². The Morgan fingerprint density at radius 2 is 1.89 bits per heavy atom. The fraction of sp³-hybridized carbons (Fsp3) is 0.400. The molecule has 7 nitrogen and oxygen atoms in total. The fourth-order valence-corrected chi connectivity index (χ4v) is 5.33. The molecule has 1 aromatic carbocycles. The normalized spacial score (nSPS) is 17.8. The van der Waals surface area contributed by atoms with Gasteiger partial charge in [-0.15, -0.1) is 0 Å². The molecule has 8 heteroatoms. The number of fused-ring (bicyclic) bond motifs is 1. The molecule has 0 amide bonds. The lowest BCUT2D eigenvalue weighted by Crippen LogP contribution is -2.38. The predicted molar refractivity (Wildman–Crippen MR) is 106 cm³/mol. The maximum Gasteiger partial charge on any atom is 0.262 e. The molecule has 0 saturated carbocycles. The quantitative estimate of drug-likeness (QED) is 0.676. The number of sulfonamides is 1. The Balaban J connectivity index is 1.75. The molecule has 3 aromatic rings. The van der Waals surface area contributed by atoms with E-state index in [1.54, 1.807) is 19.8 Å². The van der Waals surface area contributed by atoms with Crippen LogP contribution in [0.25, 0.3) is 0 Å². The molecular weight excluding hydrogens is 374 g/mol. The zero-order valence-electron chi connectivity index (χ0n) is 16.6. The second-order valence-corrected chi connectivity index (χ2v) is 9.58. The Morgan fingerprint density at radius 1 is 1.14 bits per heavy atom. The molecule has 0 unspecified atom stereocenters. The summed E-state index contributed by atoms with van der Waals surface area (Å²) in [7, 11) is 0.00785. The smallest absolute Gasteiger partial charge is 0.262 e. The van der Waals surface area contributed by atoms with Gasteiger partial charge in [-0.25, -0.2) is 13.4 Å². The van der Waals surface area contributed by atoms with Crippen LogP contribution in [0, 0.1) is 0 Å². The van der Waals surface area contributed by atoms with E-state index < -0.39 is 10.0 Å². The van der Waals surface area contributed by atoms with Crippen molar-refractivity contribution >= 4 is 10.0 Å². The summed E-state index contributed by atoms with van der Waals surface area (Å²) in [6, 6.07) is 8.03. The first-order valence-electron chi connectivity index (χ1n) is 9.37. The molecule has 148 valence electrons. The molecule has 28 heavy (non-hydrogen) atoms. The largest absolute Gasteiger partial charge is 0.336 e. The molecule has 0 N–H and O–H groups in total. The van der Waals surface area contributed by atoms with Gasteiger partial charge in [0.2, 0.25) is 0 Å². The molecule has 0 saturated heterocycles. The third-order valence-electron chi connectivity index (χ3n) is 5.30. The summed E-state index contributed by atoms with van der Waals surface area (Å²) in [5.41, 5.74) is 3.19. The first kappa shape index (κ1) is 18.9. The van der Waals surface area contributed by atoms with E-state index >= 15 is 0 Å². The third kappa shape index (κ3) is 3.16. The number of aromatic nitrogens is 4. The van der Waals surface area contributed by atoms with Crippen LogP contribution in [0.1, 0.15) is 48.2 Å². The Hall–Kier alpha value is -2.45. The topological polar surface area (TPSA) is 73.0 Å². The van der Waals surface area contributed by atoms with E-state index in [0.29, 0.717) is 13.1 Å². The summed E-state index contributed by atoms with van der Waals surface area (Å²) in [6.45, 7) is 4.74. The Morgan fingerprint density at radius 3 is 2.54 bits per heavy atom. The number of benzene rings is 1. The van der Waals surface area contributed by atoms with Gasteiger partial charge in [0, 0.05) is 51.4 Å². The molecular formula is C20H25N5O2S. The highest BCUT2D eigenvalue weighted by molar-refractivity contribution is 7.89. The van der Waals surface area contributed by atoms with Crippen LogP contribution in [0.5, 0.6) is 0 Å². The highest BCUT2D eigenvalue weighted by Crippen LogP contribution is 2.35. The summed E-state index contributed by atoms with van der Waals surface area (Å²) in [6.07, 6.45) is 5.38. The monoisotopic (exact) mass is 399 g/mol. The zero-order chi connectivity index (χ0) is 20.1. The maximum absolute atomic E-state index is 13.4. The van der Waals surface area contributed by atoms with Gasteiger partial charge in [-0.05, 0) is 16.7 Å². The molecule has 1 aliphatic heterocycles. The van der Waals surface area contributed by atoms with E-state index in [1.165, 1.54) is 0 Å². The second kappa shape index (κ2) is 6.86. The first-order valence-corrected chi connectivity index (χ1v) is 10.8. The van der Waals surface area contributed by atoms with Crippen molar-refractivity contribution in [3.8, 4) is 0 Å². The lowest BCUT2D eigenvalue weighted by Gasteiger charge is -2.33. The van der Waals surface area contributed by atoms with Gasteiger partial charge in [-0.3, -0.25) is 4.68 Å². The summed E-state index contributed by atoms with van der Waals surface area (Å²) in [4.78, 5) is 4.43. The molecule has 0 fully saturated rings. The van der Waals surface area contributed by atoms with Crippen molar-refractivity contribution in [1.82, 2.24) is 23.6 Å². The van der Waals surface area contributed by atoms with Crippen molar-refractivity contribution in [2.45, 2.75) is 37.3 Å². The predicted octanol–water partition coefficient (Wildman–Crippen LogP) is 2.61. The van der Waals surface area contributed by atoms with E-state index in [9.17, 15) is 8.42 Å². The Bertz CT molecular complexity index is 1110. The molecule has 3 heterocycles. The molecule has 2 aromatic heterocycles. The van der Waals surface area contributed by atoms with E-state index in [-0.39, 0.29) is 16.9 Å². The van der Waals surface area contributed by atoms with E-state index in [0.717, 1.165) is 22.5 Å². The zero-order valence-corrected chi connectivity index (χ0v) is 17.4. The SMILES string of the molecule is CC(C)c1nc(S(=O)(=O)N2Cc3ccccc3[C@@H](c3cnn(C)c3)C2)cn1C. The van der Waals surface area contributed by atoms with E-state index in [4.69, 9.17) is 0 Å². The fourth-order valence-electron chi connectivity index (χ4n) is 3.91. The van der Waals surface area contributed by atoms with Gasteiger partial charge in [0.15, 0.2) is 5.03 Å². The number of rotatable bonds is 4. The van der Waals surface area contributed by atoms with Crippen LogP contribution in [0.15, 0.2) is 47.9 Å². The third-order valence-corrected chi connectivity index (χ3v) is 6.98. The number of hydrogen-bond donors (Lipinski definition) is 0. The molecule has 1 atom stereocenters. The van der Waals surface area contributed by atoms with Crippen LogP contribution in [0.2, 0.25) is 0 Å². The number of nitrogens with zero attached hydrogens (tertiary/aromatic N) is 5. The highest BCUT2D eigenvalue weighted by atomic mass is 32.2. The number of imidazole rings is 1. The van der Waals surface area contributed by atoms with Crippen LogP contribution in [-0.4, -0.2) is 38.6 Å². The van der Waals surface area contributed by atoms with Crippen molar-refractivity contribution in [2.24, 2.45) is 14.1 Å². The average molecular weight is 400 g/mol. The van der Waals surface area contributed by atoms with Gasteiger partial charge in [-0.1, -0.05) is 38.1 Å². The van der Waals surface area contributed by atoms with Crippen LogP contribution >= 0.6 is 0 Å². The van der Waals surface area contributed by atoms with Crippen LogP contribution in [0.4, 0.5) is 0 Å². The van der Waals surface area contributed by atoms with Gasteiger partial charge >= 0.3 is 0 Å². The minimum absolute atomic E-state index is 0.0540. The van der Waals surface area contributed by atoms with Crippen molar-refractivity contribution in [2.75, 3.05) is 6.54 Å². The highest BCUT2D eigenvalue weighted by Gasteiger charge is 2.36. The molecule has 0 aliphatic carbocycles. The Kier molecular flexibility index (Phi) is 4.63. The molecule has 1 aliphatic rings. The van der Waals surface area contributed by atoms with E-state index in [2.05, 4.69) is 16.1 Å². The summed E-state index contributed by atoms with van der Waals surface area (Å²) in [5.74, 6) is 0.862. The number of hydrogen-bond acceptors (Lipinski definition) is 4. The van der Waals surface area contributed by atoms with Gasteiger partial charge in [0.1, 0.15) is 5.82 Å². The van der Waals surface area contributed by atoms with Gasteiger partial charge in [-0.2, -0.15) is 9.40 Å². The second-order valence-electron chi connectivity index (χ2n) is 7.70. The minimum Gasteiger partial charge on any atom is -0.336 e. The standard InChI is InChI=1S/C20H25N5O2S/c1-14(2)20-22-19(13-23(20)3)28(26,27)25-11-15-7-5-6-8-17(15)18(12-25)16-9-21-24(4)10-16/h5-10,13-14,18H,11-12H2,1-4H3/t18-/m1/s1. The lowest BCUT2D eigenvalue weighted by molar-refractivity contribution is 0.370. The van der Waals surface area contributed by atoms with Gasteiger partial charge in [0.25, 0.3) is 10.0 Å². The van der Waals surface area contributed by atoms with Crippen molar-refractivity contribution < 1.29 is 8.42 Å². The van der Waals surface area contributed by atoms with Gasteiger partial charge < -0.3 is 4.57 Å². The summed E-state index contributed by atoms with van der Waals surface area (Å²) < 4.78 is 31.9. The van der Waals surface area contributed by atoms with Crippen molar-refractivity contribution in [3.05, 3.63) is 65.4 Å². The minimum atomic E-state index is -3.70. The summed E-state index contributed by atoms with van der Waals surface area (Å²) >= 11 is 0. The first-order chi connectivity index (χ1) is 13.3. The van der Waals surface area contributed by atoms with Crippen molar-refractivity contribution in [3.63, 3.8) is 0 Å². The lowest BCUT2D eigenvalue weighted by atomic mass is 9.87. The maximum atomic E-state index is 13.4. The molecule has 0 radical (unpaired) electrons. The molecule has 0 bridgehead atoms. The average Bonchev–Trinajstić information content (AvgIpc) is 3.27. The van der Waals surface area contributed by atoms with Crippen LogP contribution in [-0.2, 0) is 30.7 Å². The molecule has 4 rings (SSSR count).